The van der Waals surface area contributed by atoms with Crippen LogP contribution in [0.15, 0.2) is 0 Å². The SMILES string of the molecule is CCCCCCCCCCCCN(CCCCCCCCCCCC)[C@H](CCC(=O)O)C(=O)O. The van der Waals surface area contributed by atoms with Gasteiger partial charge in [0.1, 0.15) is 6.04 Å². The Labute approximate surface area is 211 Å². The van der Waals surface area contributed by atoms with Gasteiger partial charge in [0.05, 0.1) is 0 Å². The van der Waals surface area contributed by atoms with Gasteiger partial charge in [0.2, 0.25) is 0 Å². The van der Waals surface area contributed by atoms with Gasteiger partial charge in [-0.2, -0.15) is 0 Å². The Morgan fingerprint density at radius 2 is 0.882 bits per heavy atom. The standard InChI is InChI=1S/C29H57NO4/c1-3-5-7-9-11-13-15-17-19-21-25-30(27(29(33)34)23-24-28(31)32)26-22-20-18-16-14-12-10-8-6-4-2/h27H,3-26H2,1-2H3,(H,31,32)(H,33,34)/t27-/m1/s1. The van der Waals surface area contributed by atoms with Crippen molar-refractivity contribution in [1.29, 1.82) is 0 Å². The van der Waals surface area contributed by atoms with Gasteiger partial charge in [-0.3, -0.25) is 14.5 Å². The second-order valence-corrected chi connectivity index (χ2v) is 10.2. The van der Waals surface area contributed by atoms with Gasteiger partial charge in [-0.05, 0) is 32.4 Å². The molecule has 0 spiro atoms. The van der Waals surface area contributed by atoms with E-state index in [1.165, 1.54) is 103 Å². The second kappa shape index (κ2) is 25.0. The summed E-state index contributed by atoms with van der Waals surface area (Å²) in [5.41, 5.74) is 0. The predicted molar refractivity (Wildman–Crippen MR) is 144 cm³/mol. The Kier molecular flexibility index (Phi) is 24.2. The van der Waals surface area contributed by atoms with Crippen molar-refractivity contribution in [2.75, 3.05) is 13.1 Å². The fourth-order valence-electron chi connectivity index (χ4n) is 4.75. The van der Waals surface area contributed by atoms with Crippen molar-refractivity contribution in [1.82, 2.24) is 4.90 Å². The lowest BCUT2D eigenvalue weighted by Crippen LogP contribution is -2.42. The molecule has 0 heterocycles. The first kappa shape index (κ1) is 32.9. The molecule has 34 heavy (non-hydrogen) atoms. The quantitative estimate of drug-likeness (QED) is 0.115. The molecule has 0 aromatic heterocycles. The number of rotatable bonds is 27. The summed E-state index contributed by atoms with van der Waals surface area (Å²) in [6, 6.07) is -0.673. The van der Waals surface area contributed by atoms with E-state index in [0.29, 0.717) is 0 Å². The lowest BCUT2D eigenvalue weighted by Gasteiger charge is -2.28. The van der Waals surface area contributed by atoms with E-state index in [9.17, 15) is 14.7 Å². The average Bonchev–Trinajstić information content (AvgIpc) is 2.80. The molecule has 0 unspecified atom stereocenters. The van der Waals surface area contributed by atoms with Crippen LogP contribution in [-0.2, 0) is 9.59 Å². The molecule has 0 aromatic carbocycles. The number of carboxylic acid groups (broad SMARTS) is 2. The molecule has 0 bridgehead atoms. The fourth-order valence-corrected chi connectivity index (χ4v) is 4.75. The molecule has 0 aromatic rings. The van der Waals surface area contributed by atoms with Gasteiger partial charge in [-0.1, -0.05) is 129 Å². The van der Waals surface area contributed by atoms with Crippen molar-refractivity contribution in [2.45, 2.75) is 161 Å². The summed E-state index contributed by atoms with van der Waals surface area (Å²) in [5.74, 6) is -1.79. The third-order valence-electron chi connectivity index (χ3n) is 6.96. The molecule has 5 nitrogen and oxygen atoms in total. The van der Waals surface area contributed by atoms with Crippen LogP contribution in [-0.4, -0.2) is 46.2 Å². The number of aliphatic carboxylic acids is 2. The van der Waals surface area contributed by atoms with Crippen LogP contribution in [0.2, 0.25) is 0 Å². The van der Waals surface area contributed by atoms with Gasteiger partial charge in [0.15, 0.2) is 0 Å². The van der Waals surface area contributed by atoms with E-state index in [4.69, 9.17) is 5.11 Å². The molecule has 0 aliphatic rings. The first-order chi connectivity index (χ1) is 16.5. The molecule has 0 aliphatic heterocycles. The van der Waals surface area contributed by atoms with E-state index in [1.807, 2.05) is 0 Å². The van der Waals surface area contributed by atoms with Gasteiger partial charge in [-0.25, -0.2) is 0 Å². The summed E-state index contributed by atoms with van der Waals surface area (Å²) in [6.07, 6.45) is 25.3. The van der Waals surface area contributed by atoms with Crippen LogP contribution in [0.1, 0.15) is 155 Å². The minimum Gasteiger partial charge on any atom is -0.481 e. The van der Waals surface area contributed by atoms with E-state index < -0.39 is 18.0 Å². The van der Waals surface area contributed by atoms with Crippen molar-refractivity contribution in [3.8, 4) is 0 Å². The molecule has 0 radical (unpaired) electrons. The Bertz CT molecular complexity index is 445. The lowest BCUT2D eigenvalue weighted by atomic mass is 10.0. The van der Waals surface area contributed by atoms with Crippen LogP contribution in [0.4, 0.5) is 0 Å². The number of unbranched alkanes of at least 4 members (excludes halogenated alkanes) is 18. The molecule has 2 N–H and O–H groups in total. The average molecular weight is 484 g/mol. The molecule has 0 rings (SSSR count). The molecule has 5 heteroatoms. The van der Waals surface area contributed by atoms with Gasteiger partial charge in [0.25, 0.3) is 0 Å². The van der Waals surface area contributed by atoms with Crippen LogP contribution >= 0.6 is 0 Å². The van der Waals surface area contributed by atoms with E-state index in [2.05, 4.69) is 18.7 Å². The lowest BCUT2D eigenvalue weighted by molar-refractivity contribution is -0.144. The molecule has 1 atom stereocenters. The smallest absolute Gasteiger partial charge is 0.320 e. The van der Waals surface area contributed by atoms with Crippen molar-refractivity contribution in [3.63, 3.8) is 0 Å². The van der Waals surface area contributed by atoms with Crippen molar-refractivity contribution >= 4 is 11.9 Å². The molecular weight excluding hydrogens is 426 g/mol. The zero-order valence-electron chi connectivity index (χ0n) is 22.7. The largest absolute Gasteiger partial charge is 0.481 e. The summed E-state index contributed by atoms with van der Waals surface area (Å²) in [4.78, 5) is 25.0. The van der Waals surface area contributed by atoms with Gasteiger partial charge in [0, 0.05) is 6.42 Å². The first-order valence-electron chi connectivity index (χ1n) is 14.7. The minimum atomic E-state index is -0.913. The monoisotopic (exact) mass is 483 g/mol. The number of nitrogens with zero attached hydrogens (tertiary/aromatic N) is 1. The van der Waals surface area contributed by atoms with Gasteiger partial charge < -0.3 is 10.2 Å². The number of hydrogen-bond donors (Lipinski definition) is 2. The van der Waals surface area contributed by atoms with Crippen LogP contribution in [0.3, 0.4) is 0 Å². The first-order valence-corrected chi connectivity index (χ1v) is 14.7. The summed E-state index contributed by atoms with van der Waals surface area (Å²) < 4.78 is 0. The summed E-state index contributed by atoms with van der Waals surface area (Å²) >= 11 is 0. The highest BCUT2D eigenvalue weighted by atomic mass is 16.4. The summed E-state index contributed by atoms with van der Waals surface area (Å²) in [6.45, 7) is 6.03. The fraction of sp³-hybridized carbons (Fsp3) is 0.931. The third-order valence-corrected chi connectivity index (χ3v) is 6.96. The normalized spacial score (nSPS) is 12.3. The maximum atomic E-state index is 11.9. The summed E-state index contributed by atoms with van der Waals surface area (Å²) in [5, 5.41) is 18.8. The zero-order valence-corrected chi connectivity index (χ0v) is 22.7. The van der Waals surface area contributed by atoms with Gasteiger partial charge >= 0.3 is 11.9 Å². The predicted octanol–water partition coefficient (Wildman–Crippen LogP) is 8.45. The van der Waals surface area contributed by atoms with E-state index in [1.54, 1.807) is 0 Å². The molecule has 202 valence electrons. The summed E-state index contributed by atoms with van der Waals surface area (Å²) in [7, 11) is 0. The van der Waals surface area contributed by atoms with Crippen molar-refractivity contribution in [3.05, 3.63) is 0 Å². The number of hydrogen-bond acceptors (Lipinski definition) is 3. The topological polar surface area (TPSA) is 77.8 Å². The highest BCUT2D eigenvalue weighted by Crippen LogP contribution is 2.16. The minimum absolute atomic E-state index is 0.0798. The van der Waals surface area contributed by atoms with Gasteiger partial charge in [-0.15, -0.1) is 0 Å². The van der Waals surface area contributed by atoms with E-state index in [-0.39, 0.29) is 12.8 Å². The third kappa shape index (κ3) is 21.4. The Morgan fingerprint density at radius 3 is 1.18 bits per heavy atom. The van der Waals surface area contributed by atoms with Crippen molar-refractivity contribution in [2.24, 2.45) is 0 Å². The number of carbonyl (C=O) groups is 2. The molecule has 0 fully saturated rings. The second-order valence-electron chi connectivity index (χ2n) is 10.2. The zero-order chi connectivity index (χ0) is 25.3. The molecule has 0 saturated carbocycles. The number of carboxylic acids is 2. The molecule has 0 saturated heterocycles. The van der Waals surface area contributed by atoms with Crippen LogP contribution in [0.5, 0.6) is 0 Å². The maximum absolute atomic E-state index is 11.9. The molecule has 0 aliphatic carbocycles. The molecule has 0 amide bonds. The highest BCUT2D eigenvalue weighted by Gasteiger charge is 2.25. The maximum Gasteiger partial charge on any atom is 0.320 e. The van der Waals surface area contributed by atoms with Crippen LogP contribution < -0.4 is 0 Å². The highest BCUT2D eigenvalue weighted by molar-refractivity contribution is 5.75. The Balaban J connectivity index is 4.22. The van der Waals surface area contributed by atoms with E-state index >= 15 is 0 Å². The molecular formula is C29H57NO4. The van der Waals surface area contributed by atoms with Crippen LogP contribution in [0.25, 0.3) is 0 Å². The Morgan fingerprint density at radius 1 is 0.559 bits per heavy atom. The van der Waals surface area contributed by atoms with Crippen LogP contribution in [0, 0.1) is 0 Å². The Hall–Kier alpha value is -1.10. The van der Waals surface area contributed by atoms with Crippen molar-refractivity contribution < 1.29 is 19.8 Å². The van der Waals surface area contributed by atoms with E-state index in [0.717, 1.165) is 38.8 Å².